The molecule has 3 rings (SSSR count). The van der Waals surface area contributed by atoms with Gasteiger partial charge in [0.2, 0.25) is 0 Å². The number of hydrogen-bond donors (Lipinski definition) is 2. The van der Waals surface area contributed by atoms with E-state index in [9.17, 15) is 18.4 Å². The average molecular weight is 403 g/mol. The molecule has 1 atom stereocenters. The number of ketones is 1. The number of carbonyl (C=O) groups is 2. The van der Waals surface area contributed by atoms with Crippen molar-refractivity contribution in [1.29, 1.82) is 0 Å². The highest BCUT2D eigenvalue weighted by molar-refractivity contribution is 5.98. The second-order valence-corrected chi connectivity index (χ2v) is 7.47. The first-order valence-corrected chi connectivity index (χ1v) is 9.85. The zero-order chi connectivity index (χ0) is 21.4. The van der Waals surface area contributed by atoms with Crippen LogP contribution in [0.3, 0.4) is 0 Å². The van der Waals surface area contributed by atoms with Gasteiger partial charge in [0.25, 0.3) is 0 Å². The zero-order valence-corrected chi connectivity index (χ0v) is 16.5. The molecule has 3 N–H and O–H groups in total. The fourth-order valence-electron chi connectivity index (χ4n) is 3.18. The van der Waals surface area contributed by atoms with Gasteiger partial charge >= 0.3 is 5.97 Å². The summed E-state index contributed by atoms with van der Waals surface area (Å²) in [5.74, 6) is -3.42. The minimum absolute atomic E-state index is 0.0976. The van der Waals surface area contributed by atoms with Gasteiger partial charge in [-0.15, -0.1) is 0 Å². The van der Waals surface area contributed by atoms with Crippen molar-refractivity contribution < 1.29 is 23.5 Å². The lowest BCUT2D eigenvalue weighted by atomic mass is 9.97. The zero-order valence-electron chi connectivity index (χ0n) is 16.5. The van der Waals surface area contributed by atoms with Crippen LogP contribution in [0, 0.1) is 17.6 Å². The van der Waals surface area contributed by atoms with Gasteiger partial charge in [0.15, 0.2) is 5.78 Å². The molecule has 4 nitrogen and oxygen atoms in total. The van der Waals surface area contributed by atoms with Crippen LogP contribution in [0.15, 0.2) is 42.5 Å². The lowest BCUT2D eigenvalue weighted by Gasteiger charge is -2.15. The van der Waals surface area contributed by atoms with Crippen molar-refractivity contribution in [2.45, 2.75) is 51.5 Å². The molecule has 0 aromatic heterocycles. The van der Waals surface area contributed by atoms with Gasteiger partial charge in [-0.2, -0.15) is 0 Å². The number of carboxylic acid groups (broad SMARTS) is 1. The van der Waals surface area contributed by atoms with Gasteiger partial charge in [-0.1, -0.05) is 50.5 Å². The van der Waals surface area contributed by atoms with E-state index >= 15 is 0 Å². The first-order chi connectivity index (χ1) is 13.8. The quantitative estimate of drug-likeness (QED) is 0.672. The molecule has 29 heavy (non-hydrogen) atoms. The van der Waals surface area contributed by atoms with E-state index < -0.39 is 23.5 Å². The Morgan fingerprint density at radius 1 is 1.07 bits per heavy atom. The molecule has 0 aliphatic heterocycles. The van der Waals surface area contributed by atoms with E-state index in [2.05, 4.69) is 0 Å². The number of carboxylic acids is 1. The highest BCUT2D eigenvalue weighted by Crippen LogP contribution is 2.24. The Morgan fingerprint density at radius 3 is 2.17 bits per heavy atom. The Balaban J connectivity index is 0.000000360. The van der Waals surface area contributed by atoms with Gasteiger partial charge in [0.05, 0.1) is 5.92 Å². The van der Waals surface area contributed by atoms with Gasteiger partial charge in [-0.25, -0.2) is 8.78 Å². The van der Waals surface area contributed by atoms with Gasteiger partial charge in [-0.3, -0.25) is 9.59 Å². The minimum atomic E-state index is -1.03. The molecule has 1 fully saturated rings. The number of hydrogen-bond acceptors (Lipinski definition) is 3. The van der Waals surface area contributed by atoms with Crippen LogP contribution in [-0.4, -0.2) is 22.9 Å². The van der Waals surface area contributed by atoms with E-state index in [1.165, 1.54) is 57.2 Å². The van der Waals surface area contributed by atoms with Crippen LogP contribution in [0.5, 0.6) is 0 Å². The van der Waals surface area contributed by atoms with Crippen molar-refractivity contribution in [2.75, 3.05) is 0 Å². The van der Waals surface area contributed by atoms with Crippen LogP contribution >= 0.6 is 0 Å². The Bertz CT molecular complexity index is 831. The van der Waals surface area contributed by atoms with Crippen LogP contribution in [-0.2, 0) is 4.79 Å². The smallest absolute Gasteiger partial charge is 0.306 e. The lowest BCUT2D eigenvalue weighted by Crippen LogP contribution is -2.22. The SMILES string of the molecule is CC(CC(=O)c1ccc(-c2ccc(F)cc2F)cc1)C(=O)O.NC1CCCCC1. The van der Waals surface area contributed by atoms with Crippen LogP contribution < -0.4 is 5.73 Å². The van der Waals surface area contributed by atoms with Crippen molar-refractivity contribution in [3.05, 3.63) is 59.7 Å². The van der Waals surface area contributed by atoms with Gasteiger partial charge in [0.1, 0.15) is 11.6 Å². The van der Waals surface area contributed by atoms with Crippen molar-refractivity contribution in [1.82, 2.24) is 0 Å². The molecule has 1 unspecified atom stereocenters. The Morgan fingerprint density at radius 2 is 1.69 bits per heavy atom. The average Bonchev–Trinajstić information content (AvgIpc) is 2.69. The molecule has 6 heteroatoms. The second kappa shape index (κ2) is 10.8. The van der Waals surface area contributed by atoms with E-state index in [-0.39, 0.29) is 17.8 Å². The summed E-state index contributed by atoms with van der Waals surface area (Å²) in [6.45, 7) is 1.46. The number of rotatable bonds is 5. The van der Waals surface area contributed by atoms with Crippen molar-refractivity contribution in [3.8, 4) is 11.1 Å². The largest absolute Gasteiger partial charge is 0.481 e. The summed E-state index contributed by atoms with van der Waals surface area (Å²) in [6, 6.07) is 9.94. The normalized spacial score (nSPS) is 15.2. The molecule has 1 aliphatic rings. The predicted molar refractivity (Wildman–Crippen MR) is 109 cm³/mol. The number of halogens is 2. The maximum Gasteiger partial charge on any atom is 0.306 e. The Hall–Kier alpha value is -2.60. The summed E-state index contributed by atoms with van der Waals surface area (Å²) < 4.78 is 26.6. The fourth-order valence-corrected chi connectivity index (χ4v) is 3.18. The first kappa shape index (κ1) is 22.7. The lowest BCUT2D eigenvalue weighted by molar-refractivity contribution is -0.141. The number of aliphatic carboxylic acids is 1. The Kier molecular flexibility index (Phi) is 8.46. The van der Waals surface area contributed by atoms with Crippen molar-refractivity contribution in [3.63, 3.8) is 0 Å². The van der Waals surface area contributed by atoms with E-state index in [1.54, 1.807) is 12.1 Å². The van der Waals surface area contributed by atoms with Crippen LogP contribution in [0.25, 0.3) is 11.1 Å². The van der Waals surface area contributed by atoms with Gasteiger partial charge in [-0.05, 0) is 30.5 Å². The van der Waals surface area contributed by atoms with Gasteiger partial charge in [0, 0.05) is 29.7 Å². The summed E-state index contributed by atoms with van der Waals surface area (Å²) >= 11 is 0. The number of benzene rings is 2. The molecular formula is C23H27F2NO3. The summed E-state index contributed by atoms with van der Waals surface area (Å²) in [5.41, 5.74) is 6.74. The van der Waals surface area contributed by atoms with Crippen LogP contribution in [0.4, 0.5) is 8.78 Å². The minimum Gasteiger partial charge on any atom is -0.481 e. The van der Waals surface area contributed by atoms with Crippen LogP contribution in [0.1, 0.15) is 55.8 Å². The van der Waals surface area contributed by atoms with Crippen molar-refractivity contribution >= 4 is 11.8 Å². The molecule has 2 aromatic rings. The summed E-state index contributed by atoms with van der Waals surface area (Å²) in [7, 11) is 0. The maximum atomic E-state index is 13.7. The highest BCUT2D eigenvalue weighted by Gasteiger charge is 2.17. The molecule has 1 saturated carbocycles. The standard InChI is InChI=1S/C17H14F2O3.C6H13N/c1-10(17(21)22)8-16(20)12-4-2-11(3-5-12)14-7-6-13(18)9-15(14)19;7-6-4-2-1-3-5-6/h2-7,9-10H,8H2,1H3,(H,21,22);6H,1-5,7H2. The number of carbonyl (C=O) groups excluding carboxylic acids is 1. The summed E-state index contributed by atoms with van der Waals surface area (Å²) in [4.78, 5) is 22.7. The molecular weight excluding hydrogens is 376 g/mol. The fraction of sp³-hybridized carbons (Fsp3) is 0.391. The number of Topliss-reactive ketones (excluding diaryl/α,β-unsaturated/α-hetero) is 1. The molecule has 0 bridgehead atoms. The monoisotopic (exact) mass is 403 g/mol. The summed E-state index contributed by atoms with van der Waals surface area (Å²) in [6.07, 6.45) is 6.57. The number of nitrogens with two attached hydrogens (primary N) is 1. The Labute approximate surface area is 169 Å². The third-order valence-electron chi connectivity index (χ3n) is 5.01. The molecule has 2 aromatic carbocycles. The van der Waals surface area contributed by atoms with Crippen LogP contribution in [0.2, 0.25) is 0 Å². The molecule has 0 amide bonds. The molecule has 156 valence electrons. The molecule has 1 aliphatic carbocycles. The first-order valence-electron chi connectivity index (χ1n) is 9.85. The molecule has 0 radical (unpaired) electrons. The van der Waals surface area contributed by atoms with Crippen molar-refractivity contribution in [2.24, 2.45) is 11.7 Å². The van der Waals surface area contributed by atoms with E-state index in [0.29, 0.717) is 17.2 Å². The highest BCUT2D eigenvalue weighted by atomic mass is 19.1. The summed E-state index contributed by atoms with van der Waals surface area (Å²) in [5, 5.41) is 8.80. The third-order valence-corrected chi connectivity index (χ3v) is 5.01. The molecule has 0 heterocycles. The molecule has 0 saturated heterocycles. The van der Waals surface area contributed by atoms with Gasteiger partial charge < -0.3 is 10.8 Å². The van der Waals surface area contributed by atoms with E-state index in [0.717, 1.165) is 12.1 Å². The maximum absolute atomic E-state index is 13.7. The van der Waals surface area contributed by atoms with E-state index in [1.807, 2.05) is 0 Å². The topological polar surface area (TPSA) is 80.4 Å². The third kappa shape index (κ3) is 7.06. The molecule has 0 spiro atoms. The predicted octanol–water partition coefficient (Wildman–Crippen LogP) is 5.20. The second-order valence-electron chi connectivity index (χ2n) is 7.47. The van der Waals surface area contributed by atoms with E-state index in [4.69, 9.17) is 10.8 Å².